The molecule has 39 heavy (non-hydrogen) atoms. The minimum atomic E-state index is -0.922. The van der Waals surface area contributed by atoms with Crippen molar-refractivity contribution in [2.24, 2.45) is 29.6 Å². The van der Waals surface area contributed by atoms with Crippen molar-refractivity contribution in [1.29, 1.82) is 0 Å². The Morgan fingerprint density at radius 3 is 2.41 bits per heavy atom. The van der Waals surface area contributed by atoms with Crippen molar-refractivity contribution in [3.8, 4) is 5.75 Å². The summed E-state index contributed by atoms with van der Waals surface area (Å²) in [7, 11) is 1.57. The van der Waals surface area contributed by atoms with Gasteiger partial charge in [-0.1, -0.05) is 41.7 Å². The SMILES string of the molecule is COc1ccc(NC(=O)C(C)N2C(=O)C3C4CC(C3C2=O)C2C(c3ccccc3)c3sc(=O)[nH]c3SC42)cc1. The number of ether oxygens (including phenoxy) is 1. The number of fused-ring (bicyclic) bond motifs is 9. The molecule has 8 nitrogen and oxygen atoms in total. The van der Waals surface area contributed by atoms with Gasteiger partial charge in [-0.2, -0.15) is 0 Å². The van der Waals surface area contributed by atoms with E-state index in [1.807, 2.05) is 18.2 Å². The number of methoxy groups -OCH3 is 1. The van der Waals surface area contributed by atoms with Crippen LogP contribution in [0.2, 0.25) is 0 Å². The lowest BCUT2D eigenvalue weighted by molar-refractivity contribution is -0.146. The highest BCUT2D eigenvalue weighted by atomic mass is 32.2. The zero-order valence-electron chi connectivity index (χ0n) is 21.3. The normalized spacial score (nSPS) is 31.0. The maximum Gasteiger partial charge on any atom is 0.305 e. The van der Waals surface area contributed by atoms with Crippen LogP contribution in [-0.4, -0.2) is 46.0 Å². The molecule has 1 aromatic heterocycles. The van der Waals surface area contributed by atoms with Gasteiger partial charge >= 0.3 is 4.87 Å². The fourth-order valence-corrected chi connectivity index (χ4v) is 10.4. The second kappa shape index (κ2) is 9.09. The molecule has 8 atom stereocenters. The molecule has 2 aliphatic heterocycles. The molecule has 2 aromatic carbocycles. The third-order valence-electron chi connectivity index (χ3n) is 9.04. The number of aromatic amines is 1. The molecule has 2 N–H and O–H groups in total. The van der Waals surface area contributed by atoms with E-state index in [9.17, 15) is 19.2 Å². The van der Waals surface area contributed by atoms with Crippen molar-refractivity contribution in [2.75, 3.05) is 12.4 Å². The Bertz CT molecular complexity index is 1530. The molecule has 2 saturated carbocycles. The number of likely N-dealkylation sites (tertiary alicyclic amines) is 1. The van der Waals surface area contributed by atoms with Crippen molar-refractivity contribution in [1.82, 2.24) is 9.88 Å². The first-order valence-corrected chi connectivity index (χ1v) is 14.8. The fraction of sp³-hybridized carbons (Fsp3) is 0.379. The van der Waals surface area contributed by atoms with E-state index in [1.165, 1.54) is 16.2 Å². The summed E-state index contributed by atoms with van der Waals surface area (Å²) in [4.78, 5) is 58.4. The third kappa shape index (κ3) is 3.64. The van der Waals surface area contributed by atoms with Gasteiger partial charge in [-0.05, 0) is 60.9 Å². The zero-order chi connectivity index (χ0) is 27.0. The largest absolute Gasteiger partial charge is 0.497 e. The Balaban J connectivity index is 1.18. The Morgan fingerprint density at radius 1 is 1.03 bits per heavy atom. The number of benzene rings is 2. The predicted octanol–water partition coefficient (Wildman–Crippen LogP) is 3.95. The quantitative estimate of drug-likeness (QED) is 0.457. The van der Waals surface area contributed by atoms with Crippen LogP contribution in [0.5, 0.6) is 5.75 Å². The zero-order valence-corrected chi connectivity index (χ0v) is 23.0. The Kier molecular flexibility index (Phi) is 5.75. The number of nitrogens with one attached hydrogen (secondary N) is 2. The Morgan fingerprint density at radius 2 is 1.72 bits per heavy atom. The van der Waals surface area contributed by atoms with Crippen LogP contribution in [0.15, 0.2) is 64.4 Å². The minimum Gasteiger partial charge on any atom is -0.497 e. The van der Waals surface area contributed by atoms with E-state index in [4.69, 9.17) is 4.74 Å². The number of imide groups is 1. The first-order chi connectivity index (χ1) is 18.9. The van der Waals surface area contributed by atoms with Crippen LogP contribution in [-0.2, 0) is 14.4 Å². The molecule has 7 rings (SSSR count). The molecule has 1 saturated heterocycles. The number of carbonyl (C=O) groups is 3. The molecular weight excluding hydrogens is 534 g/mol. The van der Waals surface area contributed by atoms with E-state index in [2.05, 4.69) is 22.4 Å². The van der Waals surface area contributed by atoms with Crippen molar-refractivity contribution >= 4 is 46.5 Å². The topological polar surface area (TPSA) is 109 Å². The van der Waals surface area contributed by atoms with E-state index >= 15 is 0 Å². The summed E-state index contributed by atoms with van der Waals surface area (Å²) in [6.07, 6.45) is 0.817. The van der Waals surface area contributed by atoms with Crippen molar-refractivity contribution in [3.05, 3.63) is 74.7 Å². The lowest BCUT2D eigenvalue weighted by atomic mass is 9.68. The van der Waals surface area contributed by atoms with Crippen LogP contribution in [0.1, 0.15) is 29.7 Å². The van der Waals surface area contributed by atoms with Crippen LogP contribution >= 0.6 is 23.1 Å². The smallest absolute Gasteiger partial charge is 0.305 e. The van der Waals surface area contributed by atoms with E-state index < -0.39 is 23.8 Å². The van der Waals surface area contributed by atoms with Crippen LogP contribution < -0.4 is 14.9 Å². The van der Waals surface area contributed by atoms with E-state index in [-0.39, 0.29) is 45.6 Å². The lowest BCUT2D eigenvalue weighted by Crippen LogP contribution is -2.46. The Hall–Kier alpha value is -3.37. The summed E-state index contributed by atoms with van der Waals surface area (Å²) in [6, 6.07) is 16.2. The van der Waals surface area contributed by atoms with Gasteiger partial charge in [0.2, 0.25) is 17.7 Å². The number of anilines is 1. The number of aromatic nitrogens is 1. The molecular formula is C29H27N3O5S2. The maximum atomic E-state index is 13.9. The monoisotopic (exact) mass is 561 g/mol. The number of rotatable bonds is 5. The fourth-order valence-electron chi connectivity index (χ4n) is 7.49. The number of thiazole rings is 1. The van der Waals surface area contributed by atoms with Crippen LogP contribution in [0, 0.1) is 29.6 Å². The van der Waals surface area contributed by atoms with Gasteiger partial charge in [0.15, 0.2) is 0 Å². The number of nitrogens with zero attached hydrogens (tertiary/aromatic N) is 1. The molecule has 0 radical (unpaired) electrons. The molecule has 4 aliphatic rings. The molecule has 3 fully saturated rings. The summed E-state index contributed by atoms with van der Waals surface area (Å²) < 4.78 is 5.17. The van der Waals surface area contributed by atoms with Crippen LogP contribution in [0.25, 0.3) is 0 Å². The molecule has 2 bridgehead atoms. The summed E-state index contributed by atoms with van der Waals surface area (Å²) in [5, 5.41) is 3.85. The predicted molar refractivity (Wildman–Crippen MR) is 148 cm³/mol. The first-order valence-electron chi connectivity index (χ1n) is 13.1. The highest BCUT2D eigenvalue weighted by Gasteiger charge is 2.70. The number of hydrogen-bond donors (Lipinski definition) is 2. The average molecular weight is 562 g/mol. The molecule has 3 amide bonds. The number of H-pyrrole nitrogens is 1. The average Bonchev–Trinajstić information content (AvgIpc) is 3.68. The van der Waals surface area contributed by atoms with Crippen LogP contribution in [0.3, 0.4) is 0 Å². The van der Waals surface area contributed by atoms with E-state index in [0.29, 0.717) is 11.4 Å². The standard InChI is InChI=1S/C29H27N3O5S2/c1-13(25(33)30-15-8-10-16(37-2)11-9-15)32-27(34)21-17-12-18(22(21)28(32)35)23-20(17)19(14-6-4-3-5-7-14)24-26(38-23)31-29(36)39-24/h3-11,13,17-23H,12H2,1-2H3,(H,30,33)(H,31,36). The second-order valence-electron chi connectivity index (χ2n) is 10.8. The third-order valence-corrected chi connectivity index (χ3v) is 11.6. The van der Waals surface area contributed by atoms with Gasteiger partial charge in [0.1, 0.15) is 11.8 Å². The van der Waals surface area contributed by atoms with Crippen molar-refractivity contribution < 1.29 is 19.1 Å². The molecule has 10 heteroatoms. The summed E-state index contributed by atoms with van der Waals surface area (Å²) >= 11 is 2.92. The second-order valence-corrected chi connectivity index (χ2v) is 13.0. The minimum absolute atomic E-state index is 0.0000890. The molecule has 3 aromatic rings. The van der Waals surface area contributed by atoms with E-state index in [0.717, 1.165) is 21.9 Å². The van der Waals surface area contributed by atoms with Gasteiger partial charge < -0.3 is 15.0 Å². The highest BCUT2D eigenvalue weighted by molar-refractivity contribution is 8.00. The van der Waals surface area contributed by atoms with Gasteiger partial charge in [0.05, 0.1) is 24.0 Å². The van der Waals surface area contributed by atoms with E-state index in [1.54, 1.807) is 50.1 Å². The van der Waals surface area contributed by atoms with Gasteiger partial charge in [0, 0.05) is 21.7 Å². The molecule has 200 valence electrons. The van der Waals surface area contributed by atoms with Crippen molar-refractivity contribution in [2.45, 2.75) is 35.6 Å². The molecule has 0 spiro atoms. The van der Waals surface area contributed by atoms with Gasteiger partial charge in [-0.25, -0.2) is 0 Å². The first kappa shape index (κ1) is 24.7. The lowest BCUT2D eigenvalue weighted by Gasteiger charge is -2.43. The number of carbonyl (C=O) groups excluding carboxylic acids is 3. The molecule has 2 aliphatic carbocycles. The van der Waals surface area contributed by atoms with Gasteiger partial charge in [-0.3, -0.25) is 24.1 Å². The molecule has 8 unspecified atom stereocenters. The number of amides is 3. The summed E-state index contributed by atoms with van der Waals surface area (Å²) in [5.74, 6) is -0.873. The number of thioether (sulfide) groups is 1. The van der Waals surface area contributed by atoms with Gasteiger partial charge in [-0.15, -0.1) is 11.8 Å². The maximum absolute atomic E-state index is 13.9. The number of hydrogen-bond acceptors (Lipinski definition) is 7. The Labute approximate surface area is 233 Å². The summed E-state index contributed by atoms with van der Waals surface area (Å²) in [5.41, 5.74) is 1.70. The van der Waals surface area contributed by atoms with Crippen molar-refractivity contribution in [3.63, 3.8) is 0 Å². The van der Waals surface area contributed by atoms with Crippen LogP contribution in [0.4, 0.5) is 5.69 Å². The van der Waals surface area contributed by atoms with Gasteiger partial charge in [0.25, 0.3) is 0 Å². The molecule has 3 heterocycles. The summed E-state index contributed by atoms with van der Waals surface area (Å²) in [6.45, 7) is 1.62. The highest BCUT2D eigenvalue weighted by Crippen LogP contribution is 2.68.